The molecule has 7 nitrogen and oxygen atoms in total. The third-order valence-corrected chi connectivity index (χ3v) is 6.69. The lowest BCUT2D eigenvalue weighted by molar-refractivity contribution is 0.102. The van der Waals surface area contributed by atoms with Crippen molar-refractivity contribution in [3.63, 3.8) is 0 Å². The van der Waals surface area contributed by atoms with E-state index < -0.39 is 21.7 Å². The molecule has 0 bridgehead atoms. The lowest BCUT2D eigenvalue weighted by atomic mass is 10.2. The molecular weight excluding hydrogens is 441 g/mol. The normalized spacial score (nSPS) is 11.3. The van der Waals surface area contributed by atoms with Crippen LogP contribution in [0.1, 0.15) is 10.4 Å². The summed E-state index contributed by atoms with van der Waals surface area (Å²) in [6.07, 6.45) is 0. The molecule has 0 aliphatic rings. The van der Waals surface area contributed by atoms with E-state index in [-0.39, 0.29) is 26.8 Å². The Labute approximate surface area is 181 Å². The lowest BCUT2D eigenvalue weighted by Gasteiger charge is -2.12. The summed E-state index contributed by atoms with van der Waals surface area (Å²) in [6, 6.07) is 16.6. The van der Waals surface area contributed by atoms with Crippen molar-refractivity contribution in [1.29, 1.82) is 0 Å². The monoisotopic (exact) mass is 457 g/mol. The fourth-order valence-corrected chi connectivity index (χ4v) is 4.82. The second-order valence-electron chi connectivity index (χ2n) is 6.39. The molecule has 31 heavy (non-hydrogen) atoms. The molecule has 0 saturated carbocycles. The zero-order chi connectivity index (χ0) is 22.0. The van der Waals surface area contributed by atoms with Crippen LogP contribution in [-0.2, 0) is 10.0 Å². The van der Waals surface area contributed by atoms with Crippen molar-refractivity contribution >= 4 is 48.3 Å². The van der Waals surface area contributed by atoms with Gasteiger partial charge in [0.1, 0.15) is 17.1 Å². The second kappa shape index (κ2) is 8.32. The van der Waals surface area contributed by atoms with Crippen LogP contribution in [0.2, 0.25) is 0 Å². The zero-order valence-corrected chi connectivity index (χ0v) is 17.8. The summed E-state index contributed by atoms with van der Waals surface area (Å²) >= 11 is 1.12. The number of aromatic nitrogens is 1. The van der Waals surface area contributed by atoms with Crippen LogP contribution in [0, 0.1) is 5.82 Å². The van der Waals surface area contributed by atoms with Gasteiger partial charge in [-0.05, 0) is 48.5 Å². The molecule has 1 amide bonds. The number of thiazole rings is 1. The van der Waals surface area contributed by atoms with Crippen LogP contribution in [0.5, 0.6) is 5.75 Å². The van der Waals surface area contributed by atoms with Gasteiger partial charge in [-0.2, -0.15) is 0 Å². The van der Waals surface area contributed by atoms with Gasteiger partial charge >= 0.3 is 0 Å². The van der Waals surface area contributed by atoms with Gasteiger partial charge in [0.25, 0.3) is 15.9 Å². The van der Waals surface area contributed by atoms with Crippen molar-refractivity contribution in [2.24, 2.45) is 0 Å². The van der Waals surface area contributed by atoms with Crippen LogP contribution in [0.15, 0.2) is 71.6 Å². The standard InChI is InChI=1S/C21H16FN3O4S2/c1-29-13-9-11-14(12-10-13)31(27,28)25-17-7-3-2-5-15(17)20(26)24-21-23-19-16(22)6-4-8-18(19)30-21/h2-12,25H,1H3,(H,23,24,26). The summed E-state index contributed by atoms with van der Waals surface area (Å²) in [5, 5.41) is 2.81. The minimum absolute atomic E-state index is 0.0187. The number of nitrogens with one attached hydrogen (secondary N) is 2. The van der Waals surface area contributed by atoms with Crippen LogP contribution in [0.25, 0.3) is 10.2 Å². The Bertz CT molecular complexity index is 1370. The quantitative estimate of drug-likeness (QED) is 0.444. The van der Waals surface area contributed by atoms with Crippen molar-refractivity contribution in [1.82, 2.24) is 4.98 Å². The predicted molar refractivity (Wildman–Crippen MR) is 118 cm³/mol. The largest absolute Gasteiger partial charge is 0.497 e. The topological polar surface area (TPSA) is 97.4 Å². The number of rotatable bonds is 6. The molecule has 0 aliphatic carbocycles. The summed E-state index contributed by atoms with van der Waals surface area (Å²) < 4.78 is 47.4. The highest BCUT2D eigenvalue weighted by atomic mass is 32.2. The van der Waals surface area contributed by atoms with Gasteiger partial charge in [0, 0.05) is 0 Å². The molecule has 4 aromatic rings. The molecule has 0 atom stereocenters. The van der Waals surface area contributed by atoms with E-state index >= 15 is 0 Å². The fourth-order valence-electron chi connectivity index (χ4n) is 2.86. The number of carbonyl (C=O) groups excluding carboxylic acids is 1. The predicted octanol–water partition coefficient (Wildman–Crippen LogP) is 4.50. The van der Waals surface area contributed by atoms with Gasteiger partial charge in [0.2, 0.25) is 0 Å². The Morgan fingerprint density at radius 2 is 1.77 bits per heavy atom. The number of carbonyl (C=O) groups is 1. The third-order valence-electron chi connectivity index (χ3n) is 4.38. The Morgan fingerprint density at radius 3 is 2.48 bits per heavy atom. The number of anilines is 2. The molecule has 0 spiro atoms. The minimum atomic E-state index is -3.94. The molecule has 10 heteroatoms. The molecular formula is C21H16FN3O4S2. The molecule has 1 heterocycles. The number of amides is 1. The van der Waals surface area contributed by atoms with Gasteiger partial charge < -0.3 is 4.74 Å². The van der Waals surface area contributed by atoms with Crippen LogP contribution in [0.3, 0.4) is 0 Å². The number of para-hydroxylation sites is 2. The van der Waals surface area contributed by atoms with E-state index in [1.165, 1.54) is 49.6 Å². The maximum atomic E-state index is 13.9. The number of methoxy groups -OCH3 is 1. The zero-order valence-electron chi connectivity index (χ0n) is 16.1. The first kappa shape index (κ1) is 20.8. The van der Waals surface area contributed by atoms with Crippen LogP contribution in [-0.4, -0.2) is 26.4 Å². The maximum absolute atomic E-state index is 13.9. The molecule has 3 aromatic carbocycles. The van der Waals surface area contributed by atoms with Crippen molar-refractivity contribution in [3.8, 4) is 5.75 Å². The number of halogens is 1. The summed E-state index contributed by atoms with van der Waals surface area (Å²) in [5.74, 6) is -0.541. The van der Waals surface area contributed by atoms with E-state index in [0.717, 1.165) is 11.3 Å². The van der Waals surface area contributed by atoms with E-state index in [1.54, 1.807) is 24.3 Å². The van der Waals surface area contributed by atoms with E-state index in [1.807, 2.05) is 0 Å². The molecule has 1 aromatic heterocycles. The van der Waals surface area contributed by atoms with Crippen molar-refractivity contribution < 1.29 is 22.3 Å². The third kappa shape index (κ3) is 4.35. The van der Waals surface area contributed by atoms with Crippen molar-refractivity contribution in [3.05, 3.63) is 78.1 Å². The summed E-state index contributed by atoms with van der Waals surface area (Å²) in [7, 11) is -2.46. The Hall–Kier alpha value is -3.50. The number of fused-ring (bicyclic) bond motifs is 1. The van der Waals surface area contributed by atoms with Gasteiger partial charge in [0.15, 0.2) is 5.13 Å². The van der Waals surface area contributed by atoms with Gasteiger partial charge in [0.05, 0.1) is 28.0 Å². The Kier molecular flexibility index (Phi) is 5.57. The maximum Gasteiger partial charge on any atom is 0.261 e. The number of sulfonamides is 1. The fraction of sp³-hybridized carbons (Fsp3) is 0.0476. The van der Waals surface area contributed by atoms with Gasteiger partial charge in [-0.1, -0.05) is 29.5 Å². The number of hydrogen-bond acceptors (Lipinski definition) is 6. The molecule has 2 N–H and O–H groups in total. The molecule has 0 unspecified atom stereocenters. The SMILES string of the molecule is COc1ccc(S(=O)(=O)Nc2ccccc2C(=O)Nc2nc3c(F)cccc3s2)cc1. The first-order chi connectivity index (χ1) is 14.9. The Balaban J connectivity index is 1.59. The van der Waals surface area contributed by atoms with Crippen LogP contribution < -0.4 is 14.8 Å². The van der Waals surface area contributed by atoms with E-state index in [4.69, 9.17) is 4.74 Å². The summed E-state index contributed by atoms with van der Waals surface area (Å²) in [4.78, 5) is 16.9. The minimum Gasteiger partial charge on any atom is -0.497 e. The van der Waals surface area contributed by atoms with E-state index in [9.17, 15) is 17.6 Å². The number of hydrogen-bond donors (Lipinski definition) is 2. The van der Waals surface area contributed by atoms with E-state index in [0.29, 0.717) is 10.4 Å². The average molecular weight is 458 g/mol. The lowest BCUT2D eigenvalue weighted by Crippen LogP contribution is -2.18. The molecule has 4 rings (SSSR count). The molecule has 0 radical (unpaired) electrons. The molecule has 158 valence electrons. The number of ether oxygens (including phenoxy) is 1. The van der Waals surface area contributed by atoms with Gasteiger partial charge in [-0.25, -0.2) is 17.8 Å². The molecule has 0 fully saturated rings. The highest BCUT2D eigenvalue weighted by Crippen LogP contribution is 2.29. The van der Waals surface area contributed by atoms with E-state index in [2.05, 4.69) is 15.0 Å². The first-order valence-electron chi connectivity index (χ1n) is 9.00. The summed E-state index contributed by atoms with van der Waals surface area (Å²) in [6.45, 7) is 0. The Morgan fingerprint density at radius 1 is 1.03 bits per heavy atom. The van der Waals surface area contributed by atoms with Crippen molar-refractivity contribution in [2.75, 3.05) is 17.1 Å². The summed E-state index contributed by atoms with van der Waals surface area (Å²) in [5.41, 5.74) is 0.360. The number of nitrogens with zero attached hydrogens (tertiary/aromatic N) is 1. The smallest absolute Gasteiger partial charge is 0.261 e. The molecule has 0 aliphatic heterocycles. The average Bonchev–Trinajstić information content (AvgIpc) is 3.17. The first-order valence-corrected chi connectivity index (χ1v) is 11.3. The second-order valence-corrected chi connectivity index (χ2v) is 9.10. The van der Waals surface area contributed by atoms with Crippen molar-refractivity contribution in [2.45, 2.75) is 4.90 Å². The van der Waals surface area contributed by atoms with Crippen LogP contribution >= 0.6 is 11.3 Å². The van der Waals surface area contributed by atoms with Crippen LogP contribution in [0.4, 0.5) is 15.2 Å². The number of benzene rings is 3. The molecule has 0 saturated heterocycles. The highest BCUT2D eigenvalue weighted by Gasteiger charge is 2.20. The van der Waals surface area contributed by atoms with Gasteiger partial charge in [-0.15, -0.1) is 0 Å². The van der Waals surface area contributed by atoms with Gasteiger partial charge in [-0.3, -0.25) is 14.8 Å². The highest BCUT2D eigenvalue weighted by molar-refractivity contribution is 7.92.